The van der Waals surface area contributed by atoms with E-state index in [1.807, 2.05) is 31.2 Å². The first-order chi connectivity index (χ1) is 14.3. The number of allylic oxidation sites excluding steroid dienone is 4. The molecule has 0 saturated heterocycles. The van der Waals surface area contributed by atoms with Crippen molar-refractivity contribution in [3.63, 3.8) is 0 Å². The predicted molar refractivity (Wildman–Crippen MR) is 132 cm³/mol. The molecule has 0 saturated carbocycles. The topological polar surface area (TPSA) is 74.6 Å². The lowest BCUT2D eigenvalue weighted by Crippen LogP contribution is -2.35. The Hall–Kier alpha value is -2.04. The molecule has 1 atom stereocenters. The minimum atomic E-state index is -1.39. The third-order valence-electron chi connectivity index (χ3n) is 6.04. The summed E-state index contributed by atoms with van der Waals surface area (Å²) in [7, 11) is 0. The van der Waals surface area contributed by atoms with E-state index in [1.165, 1.54) is 27.7 Å². The Balaban J connectivity index is 3.07. The van der Waals surface area contributed by atoms with Crippen LogP contribution in [0.15, 0.2) is 48.1 Å². The molecule has 2 N–H and O–H groups in total. The molecule has 1 unspecified atom stereocenters. The summed E-state index contributed by atoms with van der Waals surface area (Å²) in [5.74, 6) is -0.879. The van der Waals surface area contributed by atoms with Crippen molar-refractivity contribution in [1.29, 1.82) is 0 Å². The van der Waals surface area contributed by atoms with Gasteiger partial charge in [-0.2, -0.15) is 0 Å². The number of rotatable bonds is 10. The van der Waals surface area contributed by atoms with Crippen molar-refractivity contribution in [3.05, 3.63) is 59.2 Å². The van der Waals surface area contributed by atoms with Crippen molar-refractivity contribution in [1.82, 2.24) is 0 Å². The molecule has 0 aliphatic carbocycles. The highest BCUT2D eigenvalue weighted by Crippen LogP contribution is 2.41. The maximum atomic E-state index is 12.3. The van der Waals surface area contributed by atoms with Gasteiger partial charge in [-0.25, -0.2) is 0 Å². The first-order valence-electron chi connectivity index (χ1n) is 11.3. The van der Waals surface area contributed by atoms with Crippen molar-refractivity contribution < 1.29 is 19.8 Å². The van der Waals surface area contributed by atoms with Gasteiger partial charge >= 0.3 is 0 Å². The second-order valence-corrected chi connectivity index (χ2v) is 11.2. The fourth-order valence-electron chi connectivity index (χ4n) is 4.34. The first kappa shape index (κ1) is 28.0. The molecule has 32 heavy (non-hydrogen) atoms. The van der Waals surface area contributed by atoms with Gasteiger partial charge in [0, 0.05) is 11.5 Å². The van der Waals surface area contributed by atoms with E-state index in [1.54, 1.807) is 19.1 Å². The SMILES string of the molecule is C/C=C(\C=C/C(C)C(=O)C(C)(C)O)C(C)(C)CC(C)(C)c1ccc(C(=O)C(C)(C)O)cc1. The third-order valence-corrected chi connectivity index (χ3v) is 6.04. The molecule has 1 rings (SSSR count). The summed E-state index contributed by atoms with van der Waals surface area (Å²) >= 11 is 0. The van der Waals surface area contributed by atoms with Crippen molar-refractivity contribution in [3.8, 4) is 0 Å². The molecule has 1 aromatic rings. The Kier molecular flexibility index (Phi) is 8.61. The monoisotopic (exact) mass is 442 g/mol. The Bertz CT molecular complexity index is 869. The predicted octanol–water partition coefficient (Wildman–Crippen LogP) is 5.81. The van der Waals surface area contributed by atoms with Gasteiger partial charge in [0.25, 0.3) is 0 Å². The zero-order valence-corrected chi connectivity index (χ0v) is 21.5. The molecule has 0 radical (unpaired) electrons. The largest absolute Gasteiger partial charge is 0.383 e. The van der Waals surface area contributed by atoms with E-state index in [4.69, 9.17) is 0 Å². The Morgan fingerprint density at radius 3 is 1.81 bits per heavy atom. The van der Waals surface area contributed by atoms with E-state index in [-0.39, 0.29) is 28.3 Å². The fourth-order valence-corrected chi connectivity index (χ4v) is 4.34. The molecule has 178 valence electrons. The van der Waals surface area contributed by atoms with Crippen LogP contribution in [0.5, 0.6) is 0 Å². The number of Topliss-reactive ketones (excluding diaryl/α,β-unsaturated/α-hetero) is 2. The Labute approximate surface area is 194 Å². The molecule has 0 fully saturated rings. The quantitative estimate of drug-likeness (QED) is 0.354. The van der Waals surface area contributed by atoms with Gasteiger partial charge in [-0.15, -0.1) is 0 Å². The van der Waals surface area contributed by atoms with Crippen LogP contribution in [0.2, 0.25) is 0 Å². The van der Waals surface area contributed by atoms with E-state index in [0.29, 0.717) is 5.56 Å². The van der Waals surface area contributed by atoms with Crippen LogP contribution in [0, 0.1) is 11.3 Å². The molecule has 0 aromatic heterocycles. The molecule has 0 aliphatic rings. The molecule has 0 spiro atoms. The standard InChI is InChI=1S/C28H42O4/c1-11-21(15-12-19(2)23(29)27(7,8)31)25(3,4)18-26(5,6)22-16-13-20(14-17-22)24(30)28(9,10)32/h11-17,19,31-32H,18H2,1-10H3/b15-12-,21-11+. The highest BCUT2D eigenvalue weighted by molar-refractivity contribution is 6.01. The van der Waals surface area contributed by atoms with E-state index < -0.39 is 11.2 Å². The average Bonchev–Trinajstić information content (AvgIpc) is 2.64. The molecule has 0 aliphatic heterocycles. The van der Waals surface area contributed by atoms with Crippen molar-refractivity contribution in [2.75, 3.05) is 0 Å². The van der Waals surface area contributed by atoms with Gasteiger partial charge in [-0.1, -0.05) is 77.1 Å². The van der Waals surface area contributed by atoms with Gasteiger partial charge in [0.15, 0.2) is 11.6 Å². The number of carbonyl (C=O) groups is 2. The second kappa shape index (κ2) is 9.84. The third kappa shape index (κ3) is 7.25. The van der Waals surface area contributed by atoms with Crippen LogP contribution in [0.3, 0.4) is 0 Å². The minimum Gasteiger partial charge on any atom is -0.383 e. The van der Waals surface area contributed by atoms with Crippen molar-refractivity contribution in [2.45, 2.75) is 92.3 Å². The summed E-state index contributed by atoms with van der Waals surface area (Å²) in [6.45, 7) is 18.6. The molecule has 0 bridgehead atoms. The van der Waals surface area contributed by atoms with Gasteiger partial charge in [-0.05, 0) is 63.0 Å². The number of ketones is 2. The number of benzene rings is 1. The summed E-state index contributed by atoms with van der Waals surface area (Å²) in [4.78, 5) is 24.6. The maximum absolute atomic E-state index is 12.3. The van der Waals surface area contributed by atoms with Gasteiger partial charge in [0.2, 0.25) is 0 Å². The molecular formula is C28H42O4. The second-order valence-electron chi connectivity index (χ2n) is 11.2. The Morgan fingerprint density at radius 2 is 1.41 bits per heavy atom. The highest BCUT2D eigenvalue weighted by Gasteiger charge is 2.33. The van der Waals surface area contributed by atoms with E-state index >= 15 is 0 Å². The molecule has 4 nitrogen and oxygen atoms in total. The summed E-state index contributed by atoms with van der Waals surface area (Å²) in [6, 6.07) is 7.49. The normalized spacial score (nSPS) is 15.2. The summed E-state index contributed by atoms with van der Waals surface area (Å²) in [6.07, 6.45) is 6.77. The van der Waals surface area contributed by atoms with E-state index in [0.717, 1.165) is 17.6 Å². The number of hydrogen-bond acceptors (Lipinski definition) is 4. The number of carbonyl (C=O) groups excluding carboxylic acids is 2. The Morgan fingerprint density at radius 1 is 0.906 bits per heavy atom. The van der Waals surface area contributed by atoms with Gasteiger partial charge in [0.05, 0.1) is 0 Å². The molecule has 4 heteroatoms. The van der Waals surface area contributed by atoms with E-state index in [9.17, 15) is 19.8 Å². The molecule has 0 amide bonds. The molecular weight excluding hydrogens is 400 g/mol. The molecule has 1 aromatic carbocycles. The smallest absolute Gasteiger partial charge is 0.193 e. The zero-order valence-electron chi connectivity index (χ0n) is 21.5. The fraction of sp³-hybridized carbons (Fsp3) is 0.571. The van der Waals surface area contributed by atoms with Crippen LogP contribution >= 0.6 is 0 Å². The van der Waals surface area contributed by atoms with Crippen LogP contribution in [-0.4, -0.2) is 33.0 Å². The number of hydrogen-bond donors (Lipinski definition) is 2. The zero-order chi connectivity index (χ0) is 25.1. The number of aliphatic hydroxyl groups is 2. The lowest BCUT2D eigenvalue weighted by Gasteiger charge is -2.37. The molecule has 0 heterocycles. The average molecular weight is 443 g/mol. The van der Waals surface area contributed by atoms with Gasteiger partial charge < -0.3 is 10.2 Å². The van der Waals surface area contributed by atoms with Crippen LogP contribution in [0.25, 0.3) is 0 Å². The van der Waals surface area contributed by atoms with Crippen LogP contribution < -0.4 is 0 Å². The minimum absolute atomic E-state index is 0.170. The highest BCUT2D eigenvalue weighted by atomic mass is 16.3. The van der Waals surface area contributed by atoms with Crippen LogP contribution in [-0.2, 0) is 10.2 Å². The van der Waals surface area contributed by atoms with Crippen molar-refractivity contribution >= 4 is 11.6 Å². The summed E-state index contributed by atoms with van der Waals surface area (Å²) in [5, 5.41) is 20.0. The van der Waals surface area contributed by atoms with Crippen LogP contribution in [0.1, 0.15) is 91.6 Å². The van der Waals surface area contributed by atoms with Crippen LogP contribution in [0.4, 0.5) is 0 Å². The van der Waals surface area contributed by atoms with Gasteiger partial charge in [-0.3, -0.25) is 9.59 Å². The maximum Gasteiger partial charge on any atom is 0.193 e. The lowest BCUT2D eigenvalue weighted by atomic mass is 9.68. The van der Waals surface area contributed by atoms with E-state index in [2.05, 4.69) is 33.8 Å². The summed E-state index contributed by atoms with van der Waals surface area (Å²) in [5.41, 5.74) is -0.354. The van der Waals surface area contributed by atoms with Crippen molar-refractivity contribution in [2.24, 2.45) is 11.3 Å². The first-order valence-corrected chi connectivity index (χ1v) is 11.3. The lowest BCUT2D eigenvalue weighted by molar-refractivity contribution is -0.136. The summed E-state index contributed by atoms with van der Waals surface area (Å²) < 4.78 is 0. The van der Waals surface area contributed by atoms with Gasteiger partial charge in [0.1, 0.15) is 11.2 Å².